The van der Waals surface area contributed by atoms with E-state index in [1.807, 2.05) is 19.9 Å². The van der Waals surface area contributed by atoms with E-state index in [1.54, 1.807) is 0 Å². The van der Waals surface area contributed by atoms with Gasteiger partial charge in [-0.05, 0) is 13.3 Å². The third-order valence-corrected chi connectivity index (χ3v) is 2.27. The molecule has 6 heteroatoms. The molecule has 0 spiro atoms. The van der Waals surface area contributed by atoms with Crippen LogP contribution in [0.3, 0.4) is 0 Å². The van der Waals surface area contributed by atoms with Crippen LogP contribution in [0.4, 0.5) is 5.82 Å². The molecule has 1 aromatic heterocycles. The number of carbonyl (C=O) groups is 1. The SMILES string of the molecule is CCc1cc(NCCOCCC(=O)O)nc(C)n1. The van der Waals surface area contributed by atoms with E-state index in [-0.39, 0.29) is 13.0 Å². The van der Waals surface area contributed by atoms with Crippen molar-refractivity contribution in [3.05, 3.63) is 17.6 Å². The van der Waals surface area contributed by atoms with Gasteiger partial charge in [-0.25, -0.2) is 9.97 Å². The zero-order chi connectivity index (χ0) is 13.4. The molecule has 0 saturated carbocycles. The highest BCUT2D eigenvalue weighted by atomic mass is 16.5. The number of aliphatic carboxylic acids is 1. The standard InChI is InChI=1S/C12H19N3O3/c1-3-10-8-11(15-9(2)14-10)13-5-7-18-6-4-12(16)17/h8H,3-7H2,1-2H3,(H,16,17)(H,13,14,15). The van der Waals surface area contributed by atoms with E-state index in [9.17, 15) is 4.79 Å². The fourth-order valence-electron chi connectivity index (χ4n) is 1.41. The Kier molecular flexibility index (Phi) is 6.07. The number of hydrogen-bond acceptors (Lipinski definition) is 5. The van der Waals surface area contributed by atoms with E-state index < -0.39 is 5.97 Å². The molecule has 0 aliphatic carbocycles. The van der Waals surface area contributed by atoms with E-state index in [2.05, 4.69) is 15.3 Å². The van der Waals surface area contributed by atoms with Gasteiger partial charge < -0.3 is 15.2 Å². The molecule has 0 aliphatic rings. The molecular weight excluding hydrogens is 234 g/mol. The molecule has 0 aromatic carbocycles. The molecule has 0 bridgehead atoms. The average molecular weight is 253 g/mol. The Labute approximate surface area is 106 Å². The van der Waals surface area contributed by atoms with Gasteiger partial charge in [-0.2, -0.15) is 0 Å². The monoisotopic (exact) mass is 253 g/mol. The second kappa shape index (κ2) is 7.60. The second-order valence-corrected chi connectivity index (χ2v) is 3.83. The number of aryl methyl sites for hydroxylation is 2. The van der Waals surface area contributed by atoms with Gasteiger partial charge in [-0.15, -0.1) is 0 Å². The molecular formula is C12H19N3O3. The van der Waals surface area contributed by atoms with E-state index in [0.29, 0.717) is 13.2 Å². The lowest BCUT2D eigenvalue weighted by atomic mass is 10.3. The lowest BCUT2D eigenvalue weighted by Gasteiger charge is -2.08. The first kappa shape index (κ1) is 14.4. The number of carboxylic acids is 1. The molecule has 100 valence electrons. The van der Waals surface area contributed by atoms with Gasteiger partial charge in [0.25, 0.3) is 0 Å². The Balaban J connectivity index is 2.26. The fourth-order valence-corrected chi connectivity index (χ4v) is 1.41. The number of ether oxygens (including phenoxy) is 1. The van der Waals surface area contributed by atoms with Gasteiger partial charge >= 0.3 is 5.97 Å². The fraction of sp³-hybridized carbons (Fsp3) is 0.583. The van der Waals surface area contributed by atoms with Crippen molar-refractivity contribution >= 4 is 11.8 Å². The van der Waals surface area contributed by atoms with Gasteiger partial charge in [0.1, 0.15) is 11.6 Å². The zero-order valence-corrected chi connectivity index (χ0v) is 10.8. The number of hydrogen-bond donors (Lipinski definition) is 2. The summed E-state index contributed by atoms with van der Waals surface area (Å²) in [6.45, 7) is 5.19. The molecule has 0 amide bonds. The molecule has 6 nitrogen and oxygen atoms in total. The number of nitrogens with zero attached hydrogens (tertiary/aromatic N) is 2. The van der Waals surface area contributed by atoms with Gasteiger partial charge in [-0.1, -0.05) is 6.92 Å². The van der Waals surface area contributed by atoms with Crippen LogP contribution in [-0.4, -0.2) is 40.8 Å². The number of anilines is 1. The summed E-state index contributed by atoms with van der Waals surface area (Å²) in [5.41, 5.74) is 0.997. The van der Waals surface area contributed by atoms with Gasteiger partial charge in [0.15, 0.2) is 0 Å². The lowest BCUT2D eigenvalue weighted by molar-refractivity contribution is -0.138. The maximum Gasteiger partial charge on any atom is 0.305 e. The van der Waals surface area contributed by atoms with Crippen LogP contribution in [0.25, 0.3) is 0 Å². The van der Waals surface area contributed by atoms with Crippen LogP contribution < -0.4 is 5.32 Å². The van der Waals surface area contributed by atoms with E-state index in [4.69, 9.17) is 9.84 Å². The third kappa shape index (κ3) is 5.58. The first-order chi connectivity index (χ1) is 8.61. The third-order valence-electron chi connectivity index (χ3n) is 2.27. The van der Waals surface area contributed by atoms with Gasteiger partial charge in [0, 0.05) is 18.3 Å². The van der Waals surface area contributed by atoms with Crippen molar-refractivity contribution < 1.29 is 14.6 Å². The summed E-state index contributed by atoms with van der Waals surface area (Å²) in [6.07, 6.45) is 0.903. The van der Waals surface area contributed by atoms with Crippen LogP contribution in [0.1, 0.15) is 24.9 Å². The molecule has 0 unspecified atom stereocenters. The van der Waals surface area contributed by atoms with Crippen molar-refractivity contribution in [2.75, 3.05) is 25.1 Å². The van der Waals surface area contributed by atoms with Gasteiger partial charge in [-0.3, -0.25) is 4.79 Å². The minimum absolute atomic E-state index is 0.0343. The predicted octanol–water partition coefficient (Wildman–Crippen LogP) is 1.25. The first-order valence-corrected chi connectivity index (χ1v) is 5.99. The Hall–Kier alpha value is -1.69. The minimum Gasteiger partial charge on any atom is -0.481 e. The van der Waals surface area contributed by atoms with Crippen molar-refractivity contribution in [1.29, 1.82) is 0 Å². The van der Waals surface area contributed by atoms with E-state index >= 15 is 0 Å². The van der Waals surface area contributed by atoms with Crippen LogP contribution >= 0.6 is 0 Å². The van der Waals surface area contributed by atoms with Gasteiger partial charge in [0.2, 0.25) is 0 Å². The Morgan fingerprint density at radius 2 is 2.22 bits per heavy atom. The van der Waals surface area contributed by atoms with Crippen molar-refractivity contribution in [3.8, 4) is 0 Å². The minimum atomic E-state index is -0.845. The van der Waals surface area contributed by atoms with Gasteiger partial charge in [0.05, 0.1) is 19.6 Å². The average Bonchev–Trinajstić information content (AvgIpc) is 2.32. The highest BCUT2D eigenvalue weighted by Crippen LogP contribution is 2.06. The quantitative estimate of drug-likeness (QED) is 0.678. The molecule has 1 aromatic rings. The summed E-state index contributed by atoms with van der Waals surface area (Å²) in [7, 11) is 0. The summed E-state index contributed by atoms with van der Waals surface area (Å²) in [6, 6.07) is 1.91. The van der Waals surface area contributed by atoms with Crippen molar-refractivity contribution in [2.45, 2.75) is 26.7 Å². The highest BCUT2D eigenvalue weighted by molar-refractivity contribution is 5.66. The maximum atomic E-state index is 10.2. The molecule has 18 heavy (non-hydrogen) atoms. The van der Waals surface area contributed by atoms with Crippen molar-refractivity contribution in [1.82, 2.24) is 9.97 Å². The molecule has 0 radical (unpaired) electrons. The zero-order valence-electron chi connectivity index (χ0n) is 10.8. The Morgan fingerprint density at radius 1 is 1.44 bits per heavy atom. The molecule has 1 heterocycles. The summed E-state index contributed by atoms with van der Waals surface area (Å²) in [4.78, 5) is 18.8. The summed E-state index contributed by atoms with van der Waals surface area (Å²) in [5, 5.41) is 11.5. The topological polar surface area (TPSA) is 84.3 Å². The molecule has 2 N–H and O–H groups in total. The summed E-state index contributed by atoms with van der Waals surface area (Å²) < 4.78 is 5.17. The molecule has 0 aliphatic heterocycles. The summed E-state index contributed by atoms with van der Waals surface area (Å²) in [5.74, 6) is 0.673. The normalized spacial score (nSPS) is 10.3. The number of carboxylic acid groups (broad SMARTS) is 1. The Bertz CT molecular complexity index is 396. The first-order valence-electron chi connectivity index (χ1n) is 5.99. The molecule has 0 atom stereocenters. The smallest absolute Gasteiger partial charge is 0.305 e. The Morgan fingerprint density at radius 3 is 2.89 bits per heavy atom. The van der Waals surface area contributed by atoms with Crippen LogP contribution in [0.5, 0.6) is 0 Å². The molecule has 0 saturated heterocycles. The van der Waals surface area contributed by atoms with Crippen LogP contribution in [-0.2, 0) is 16.0 Å². The number of nitrogens with one attached hydrogen (secondary N) is 1. The second-order valence-electron chi connectivity index (χ2n) is 3.83. The highest BCUT2D eigenvalue weighted by Gasteiger charge is 2.00. The number of aromatic nitrogens is 2. The van der Waals surface area contributed by atoms with E-state index in [0.717, 1.165) is 23.8 Å². The van der Waals surface area contributed by atoms with E-state index in [1.165, 1.54) is 0 Å². The van der Waals surface area contributed by atoms with Crippen molar-refractivity contribution in [2.24, 2.45) is 0 Å². The largest absolute Gasteiger partial charge is 0.481 e. The van der Waals surface area contributed by atoms with Crippen LogP contribution in [0, 0.1) is 6.92 Å². The molecule has 0 fully saturated rings. The lowest BCUT2D eigenvalue weighted by Crippen LogP contribution is -2.13. The summed E-state index contributed by atoms with van der Waals surface area (Å²) >= 11 is 0. The predicted molar refractivity (Wildman–Crippen MR) is 67.7 cm³/mol. The maximum absolute atomic E-state index is 10.2. The van der Waals surface area contributed by atoms with Crippen molar-refractivity contribution in [3.63, 3.8) is 0 Å². The number of rotatable bonds is 8. The molecule has 1 rings (SSSR count). The van der Waals surface area contributed by atoms with Crippen LogP contribution in [0.2, 0.25) is 0 Å². The van der Waals surface area contributed by atoms with Crippen LogP contribution in [0.15, 0.2) is 6.07 Å².